The van der Waals surface area contributed by atoms with Gasteiger partial charge < -0.3 is 4.48 Å². The van der Waals surface area contributed by atoms with Gasteiger partial charge in [-0.1, -0.05) is 84.9 Å². The Hall–Kier alpha value is -5.43. The maximum absolute atomic E-state index is 15.6. The molecule has 0 N–H and O–H groups in total. The van der Waals surface area contributed by atoms with Crippen molar-refractivity contribution < 1.29 is 8.63 Å². The van der Waals surface area contributed by atoms with Crippen molar-refractivity contribution in [2.75, 3.05) is 0 Å². The Morgan fingerprint density at radius 1 is 0.698 bits per heavy atom. The summed E-state index contributed by atoms with van der Waals surface area (Å²) in [4.78, 5) is 13.5. The lowest BCUT2D eigenvalue weighted by Crippen LogP contribution is -2.19. The molecule has 8 rings (SSSR count). The molecule has 0 unspecified atom stereocenters. The minimum atomic E-state index is -2.79. The van der Waals surface area contributed by atoms with Crippen molar-refractivity contribution in [3.63, 3.8) is 0 Å². The molecule has 0 saturated carbocycles. The van der Waals surface area contributed by atoms with Gasteiger partial charge in [0.25, 0.3) is 0 Å². The number of nitrogens with zero attached hydrogens (tertiary/aromatic N) is 4. The van der Waals surface area contributed by atoms with E-state index in [1.807, 2.05) is 109 Å². The molecule has 0 saturated heterocycles. The molecule has 204 valence electrons. The number of benzene rings is 4. The van der Waals surface area contributed by atoms with Gasteiger partial charge in [0.15, 0.2) is 0 Å². The van der Waals surface area contributed by atoms with Crippen molar-refractivity contribution in [1.82, 2.24) is 14.4 Å². The second-order valence-corrected chi connectivity index (χ2v) is 10.7. The molecule has 0 bridgehead atoms. The Bertz CT molecular complexity index is 2240. The standard InChI is InChI=1S/C36H23BF2N4/c38-37(39)43-32(19-23-7-3-1-4-8-23)34-28-16-18-41-21-26(28)12-14-30(34)36(43)33(24-9-5-2-6-10-24)35-29-13-11-25-20-40-17-15-27(25)31(29)22-42-35/h1-18,20-22H,19H2/b35-33-. The van der Waals surface area contributed by atoms with Gasteiger partial charge in [0.2, 0.25) is 0 Å². The van der Waals surface area contributed by atoms with Crippen LogP contribution in [0.4, 0.5) is 8.63 Å². The highest BCUT2D eigenvalue weighted by molar-refractivity contribution is 6.43. The van der Waals surface area contributed by atoms with Crippen LogP contribution in [0.2, 0.25) is 0 Å². The Kier molecular flexibility index (Phi) is 5.96. The summed E-state index contributed by atoms with van der Waals surface area (Å²) in [5.41, 5.74) is 5.99. The summed E-state index contributed by atoms with van der Waals surface area (Å²) in [5, 5.41) is 5.38. The van der Waals surface area contributed by atoms with E-state index in [2.05, 4.69) is 9.97 Å². The summed E-state index contributed by atoms with van der Waals surface area (Å²) in [6.07, 6.45) is 9.30. The van der Waals surface area contributed by atoms with Crippen LogP contribution in [0, 0.1) is 0 Å². The minimum absolute atomic E-state index is 0.345. The number of hydrogen-bond donors (Lipinski definition) is 0. The van der Waals surface area contributed by atoms with Crippen LogP contribution in [0.5, 0.6) is 0 Å². The number of fused-ring (bicyclic) bond motifs is 6. The minimum Gasteiger partial charge on any atom is -0.327 e. The van der Waals surface area contributed by atoms with E-state index in [1.54, 1.807) is 18.6 Å². The quantitative estimate of drug-likeness (QED) is 0.198. The average molecular weight is 560 g/mol. The van der Waals surface area contributed by atoms with Crippen molar-refractivity contribution in [1.29, 1.82) is 0 Å². The predicted octanol–water partition coefficient (Wildman–Crippen LogP) is 8.45. The fourth-order valence-electron chi connectivity index (χ4n) is 6.42. The average Bonchev–Trinajstić information content (AvgIpc) is 3.62. The third-order valence-electron chi connectivity index (χ3n) is 8.28. The number of halogens is 2. The molecule has 0 amide bonds. The molecule has 0 radical (unpaired) electrons. The molecule has 3 aromatic heterocycles. The molecule has 0 atom stereocenters. The highest BCUT2D eigenvalue weighted by Gasteiger charge is 2.33. The van der Waals surface area contributed by atoms with Crippen molar-refractivity contribution >= 4 is 57.2 Å². The summed E-state index contributed by atoms with van der Waals surface area (Å²) < 4.78 is 32.4. The van der Waals surface area contributed by atoms with Gasteiger partial charge in [-0.3, -0.25) is 23.6 Å². The summed E-state index contributed by atoms with van der Waals surface area (Å²) >= 11 is 0. The molecule has 1 aliphatic rings. The summed E-state index contributed by atoms with van der Waals surface area (Å²) in [6.45, 7) is 0. The Morgan fingerprint density at radius 3 is 2.12 bits per heavy atom. The molecule has 7 heteroatoms. The lowest BCUT2D eigenvalue weighted by molar-refractivity contribution is 0.623. The number of aliphatic imine (C=N–C) groups is 1. The van der Waals surface area contributed by atoms with Crippen LogP contribution in [0.25, 0.3) is 43.6 Å². The first-order valence-electron chi connectivity index (χ1n) is 14.1. The maximum Gasteiger partial charge on any atom is 0.677 e. The second-order valence-electron chi connectivity index (χ2n) is 10.7. The number of rotatable bonds is 5. The van der Waals surface area contributed by atoms with Crippen LogP contribution in [-0.4, -0.2) is 28.1 Å². The summed E-state index contributed by atoms with van der Waals surface area (Å²) in [6, 6.07) is 31.4. The highest BCUT2D eigenvalue weighted by Crippen LogP contribution is 2.44. The van der Waals surface area contributed by atoms with Gasteiger partial charge in [-0.2, -0.15) is 0 Å². The molecule has 43 heavy (non-hydrogen) atoms. The van der Waals surface area contributed by atoms with Crippen LogP contribution in [-0.2, 0) is 6.42 Å². The fourth-order valence-corrected chi connectivity index (χ4v) is 6.42. The zero-order valence-corrected chi connectivity index (χ0v) is 23.0. The van der Waals surface area contributed by atoms with Gasteiger partial charge in [0.1, 0.15) is 0 Å². The largest absolute Gasteiger partial charge is 0.677 e. The normalized spacial score (nSPS) is 13.6. The van der Waals surface area contributed by atoms with E-state index in [0.29, 0.717) is 29.1 Å². The number of pyridine rings is 2. The van der Waals surface area contributed by atoms with Gasteiger partial charge in [0, 0.05) is 81.4 Å². The Labute approximate surface area is 246 Å². The smallest absolute Gasteiger partial charge is 0.327 e. The first-order valence-corrected chi connectivity index (χ1v) is 14.1. The molecule has 4 nitrogen and oxygen atoms in total. The van der Waals surface area contributed by atoms with Gasteiger partial charge >= 0.3 is 7.40 Å². The first-order chi connectivity index (χ1) is 21.2. The molecule has 1 aliphatic heterocycles. The van der Waals surface area contributed by atoms with Crippen LogP contribution in [0.15, 0.2) is 127 Å². The van der Waals surface area contributed by atoms with Gasteiger partial charge in [0.05, 0.1) is 11.4 Å². The van der Waals surface area contributed by atoms with Crippen LogP contribution < -0.4 is 0 Å². The molecular formula is C36H23BF2N4. The fraction of sp³-hybridized carbons (Fsp3) is 0.0278. The Morgan fingerprint density at radius 2 is 1.37 bits per heavy atom. The summed E-state index contributed by atoms with van der Waals surface area (Å²) in [5.74, 6) is 0. The SMILES string of the molecule is FB(F)n1c(/C(=C2\N=Cc3c2ccc2cnccc32)c2ccccc2)c2ccc3cnccc3c2c1Cc1ccccc1. The summed E-state index contributed by atoms with van der Waals surface area (Å²) in [7, 11) is -2.79. The van der Waals surface area contributed by atoms with Gasteiger partial charge in [-0.25, -0.2) is 0 Å². The van der Waals surface area contributed by atoms with Gasteiger partial charge in [-0.05, 0) is 34.0 Å². The van der Waals surface area contributed by atoms with Crippen molar-refractivity contribution in [3.8, 4) is 0 Å². The van der Waals surface area contributed by atoms with Crippen molar-refractivity contribution in [3.05, 3.63) is 155 Å². The molecule has 7 aromatic rings. The van der Waals surface area contributed by atoms with E-state index < -0.39 is 7.40 Å². The third-order valence-corrected chi connectivity index (χ3v) is 8.28. The van der Waals surface area contributed by atoms with E-state index in [1.165, 1.54) is 4.48 Å². The monoisotopic (exact) mass is 560 g/mol. The van der Waals surface area contributed by atoms with Crippen LogP contribution in [0.1, 0.15) is 33.6 Å². The lowest BCUT2D eigenvalue weighted by atomic mass is 9.92. The highest BCUT2D eigenvalue weighted by atomic mass is 19.2. The zero-order chi connectivity index (χ0) is 28.9. The number of hydrogen-bond acceptors (Lipinski definition) is 3. The molecule has 0 fully saturated rings. The zero-order valence-electron chi connectivity index (χ0n) is 23.0. The molecule has 4 aromatic carbocycles. The first kappa shape index (κ1) is 25.3. The molecule has 0 aliphatic carbocycles. The van der Waals surface area contributed by atoms with E-state index >= 15 is 8.63 Å². The maximum atomic E-state index is 15.6. The Balaban J connectivity index is 1.53. The predicted molar refractivity (Wildman–Crippen MR) is 172 cm³/mol. The topological polar surface area (TPSA) is 43.1 Å². The van der Waals surface area contributed by atoms with Crippen LogP contribution in [0.3, 0.4) is 0 Å². The molecular weight excluding hydrogens is 537 g/mol. The van der Waals surface area contributed by atoms with Gasteiger partial charge in [-0.15, -0.1) is 0 Å². The molecule has 4 heterocycles. The van der Waals surface area contributed by atoms with E-state index in [-0.39, 0.29) is 0 Å². The van der Waals surface area contributed by atoms with E-state index in [4.69, 9.17) is 4.99 Å². The molecule has 0 spiro atoms. The van der Waals surface area contributed by atoms with Crippen molar-refractivity contribution in [2.45, 2.75) is 6.42 Å². The third kappa shape index (κ3) is 4.08. The van der Waals surface area contributed by atoms with E-state index in [9.17, 15) is 0 Å². The lowest BCUT2D eigenvalue weighted by Gasteiger charge is -2.17. The second kappa shape index (κ2) is 10.1. The number of aromatic nitrogens is 3. The van der Waals surface area contributed by atoms with Crippen molar-refractivity contribution in [2.24, 2.45) is 4.99 Å². The van der Waals surface area contributed by atoms with E-state index in [0.717, 1.165) is 54.6 Å². The van der Waals surface area contributed by atoms with Crippen LogP contribution >= 0.6 is 0 Å².